The Labute approximate surface area is 166 Å². The molecule has 28 heavy (non-hydrogen) atoms. The predicted octanol–water partition coefficient (Wildman–Crippen LogP) is 2.62. The van der Waals surface area contributed by atoms with Gasteiger partial charge in [-0.15, -0.1) is 0 Å². The quantitative estimate of drug-likeness (QED) is 0.810. The molecule has 2 aliphatic rings. The van der Waals surface area contributed by atoms with Crippen molar-refractivity contribution in [1.29, 1.82) is 0 Å². The second kappa shape index (κ2) is 8.01. The first kappa shape index (κ1) is 19.1. The van der Waals surface area contributed by atoms with Gasteiger partial charge in [0.15, 0.2) is 0 Å². The van der Waals surface area contributed by atoms with E-state index < -0.39 is 10.0 Å². The van der Waals surface area contributed by atoms with Crippen LogP contribution < -0.4 is 5.32 Å². The second-order valence-corrected chi connectivity index (χ2v) is 9.62. The van der Waals surface area contributed by atoms with Crippen molar-refractivity contribution >= 4 is 15.9 Å². The van der Waals surface area contributed by atoms with Crippen LogP contribution in [0.4, 0.5) is 0 Å². The summed E-state index contributed by atoms with van der Waals surface area (Å²) in [5.74, 6) is 0.453. The molecule has 4 rings (SSSR count). The fourth-order valence-electron chi connectivity index (χ4n) is 3.62. The van der Waals surface area contributed by atoms with E-state index in [4.69, 9.17) is 0 Å². The summed E-state index contributed by atoms with van der Waals surface area (Å²) in [4.78, 5) is 16.2. The Morgan fingerprint density at radius 3 is 2.39 bits per heavy atom. The van der Waals surface area contributed by atoms with Crippen LogP contribution in [0.2, 0.25) is 0 Å². The highest BCUT2D eigenvalue weighted by atomic mass is 32.2. The minimum atomic E-state index is -3.45. The number of sulfonamides is 1. The molecule has 0 spiro atoms. The zero-order valence-corrected chi connectivity index (χ0v) is 16.6. The fraction of sp³-hybridized carbons (Fsp3) is 0.429. The summed E-state index contributed by atoms with van der Waals surface area (Å²) in [7, 11) is -3.45. The zero-order chi connectivity index (χ0) is 19.6. The number of carbonyl (C=O) groups excluding carboxylic acids is 1. The third-order valence-corrected chi connectivity index (χ3v) is 7.38. The fourth-order valence-corrected chi connectivity index (χ4v) is 5.06. The van der Waals surface area contributed by atoms with Crippen molar-refractivity contribution in [2.45, 2.75) is 43.0 Å². The molecule has 1 N–H and O–H groups in total. The van der Waals surface area contributed by atoms with E-state index in [-0.39, 0.29) is 10.8 Å². The molecule has 0 unspecified atom stereocenters. The highest BCUT2D eigenvalue weighted by molar-refractivity contribution is 7.89. The van der Waals surface area contributed by atoms with Crippen LogP contribution in [0.5, 0.6) is 0 Å². The molecule has 1 saturated heterocycles. The summed E-state index contributed by atoms with van der Waals surface area (Å²) in [5.41, 5.74) is 1.89. The molecule has 6 nitrogen and oxygen atoms in total. The van der Waals surface area contributed by atoms with Crippen LogP contribution in [-0.2, 0) is 16.4 Å². The summed E-state index contributed by atoms with van der Waals surface area (Å²) < 4.78 is 26.9. The number of carbonyl (C=O) groups is 1. The minimum Gasteiger partial charge on any atom is -0.349 e. The molecule has 1 aromatic heterocycles. The first-order valence-corrected chi connectivity index (χ1v) is 11.3. The summed E-state index contributed by atoms with van der Waals surface area (Å²) in [6, 6.07) is 11.4. The van der Waals surface area contributed by atoms with Crippen molar-refractivity contribution in [3.05, 3.63) is 59.9 Å². The Morgan fingerprint density at radius 1 is 1.07 bits per heavy atom. The summed E-state index contributed by atoms with van der Waals surface area (Å²) in [6.45, 7) is 1.06. The summed E-state index contributed by atoms with van der Waals surface area (Å²) >= 11 is 0. The molecule has 2 aromatic rings. The average molecular weight is 400 g/mol. The van der Waals surface area contributed by atoms with Gasteiger partial charge in [-0.1, -0.05) is 12.1 Å². The monoisotopic (exact) mass is 399 g/mol. The molecule has 1 aliphatic carbocycles. The van der Waals surface area contributed by atoms with Crippen LogP contribution >= 0.6 is 0 Å². The van der Waals surface area contributed by atoms with Gasteiger partial charge in [-0.2, -0.15) is 4.31 Å². The van der Waals surface area contributed by atoms with E-state index in [2.05, 4.69) is 10.3 Å². The van der Waals surface area contributed by atoms with Gasteiger partial charge in [0, 0.05) is 37.1 Å². The van der Waals surface area contributed by atoms with E-state index in [1.807, 2.05) is 24.3 Å². The van der Waals surface area contributed by atoms with E-state index in [9.17, 15) is 13.2 Å². The lowest BCUT2D eigenvalue weighted by Gasteiger charge is -2.31. The third-order valence-electron chi connectivity index (χ3n) is 5.50. The molecule has 1 saturated carbocycles. The van der Waals surface area contributed by atoms with E-state index in [1.54, 1.807) is 22.6 Å². The maximum atomic E-state index is 12.7. The summed E-state index contributed by atoms with van der Waals surface area (Å²) in [5, 5.41) is 3.00. The van der Waals surface area contributed by atoms with Gasteiger partial charge in [0.05, 0.1) is 0 Å². The molecular formula is C21H25N3O3S. The highest BCUT2D eigenvalue weighted by Gasteiger charge is 2.29. The lowest BCUT2D eigenvalue weighted by atomic mass is 9.91. The van der Waals surface area contributed by atoms with E-state index >= 15 is 0 Å². The average Bonchev–Trinajstić information content (AvgIpc) is 3.53. The molecular weight excluding hydrogens is 374 g/mol. The highest BCUT2D eigenvalue weighted by Crippen LogP contribution is 2.26. The van der Waals surface area contributed by atoms with Crippen molar-refractivity contribution in [3.63, 3.8) is 0 Å². The molecule has 7 heteroatoms. The lowest BCUT2D eigenvalue weighted by Crippen LogP contribution is -2.38. The molecule has 2 fully saturated rings. The number of nitrogens with zero attached hydrogens (tertiary/aromatic N) is 2. The van der Waals surface area contributed by atoms with Gasteiger partial charge in [0.1, 0.15) is 4.90 Å². The molecule has 1 amide bonds. The van der Waals surface area contributed by atoms with Gasteiger partial charge in [0.25, 0.3) is 5.91 Å². The second-order valence-electron chi connectivity index (χ2n) is 7.68. The van der Waals surface area contributed by atoms with Crippen LogP contribution in [0, 0.1) is 5.92 Å². The number of amides is 1. The molecule has 0 bridgehead atoms. The maximum Gasteiger partial charge on any atom is 0.251 e. The topological polar surface area (TPSA) is 79.4 Å². The number of aromatic nitrogens is 1. The van der Waals surface area contributed by atoms with Crippen LogP contribution in [0.3, 0.4) is 0 Å². The lowest BCUT2D eigenvalue weighted by molar-refractivity contribution is 0.0951. The largest absolute Gasteiger partial charge is 0.349 e. The van der Waals surface area contributed by atoms with E-state index in [0.717, 1.165) is 32.1 Å². The standard InChI is InChI=1S/C21H25N3O3S/c25-21(23-19-7-8-19)18-5-3-16(4-6-18)14-17-9-12-24(13-10-17)28(26,27)20-2-1-11-22-15-20/h1-6,11,15,17,19H,7-10,12-14H2,(H,23,25). The number of hydrogen-bond donors (Lipinski definition) is 1. The number of hydrogen-bond acceptors (Lipinski definition) is 4. The van der Waals surface area contributed by atoms with Gasteiger partial charge in [-0.3, -0.25) is 9.78 Å². The Hall–Kier alpha value is -2.25. The normalized spacial score (nSPS) is 18.7. The molecule has 0 radical (unpaired) electrons. The Kier molecular flexibility index (Phi) is 5.46. The smallest absolute Gasteiger partial charge is 0.251 e. The number of nitrogens with one attached hydrogen (secondary N) is 1. The minimum absolute atomic E-state index is 0.00275. The van der Waals surface area contributed by atoms with Crippen molar-refractivity contribution < 1.29 is 13.2 Å². The number of benzene rings is 1. The van der Waals surface area contributed by atoms with Crippen LogP contribution in [0.1, 0.15) is 41.6 Å². The Bertz CT molecular complexity index is 917. The van der Waals surface area contributed by atoms with Crippen molar-refractivity contribution in [2.75, 3.05) is 13.1 Å². The van der Waals surface area contributed by atoms with Crippen molar-refractivity contribution in [3.8, 4) is 0 Å². The van der Waals surface area contributed by atoms with Crippen molar-refractivity contribution in [1.82, 2.24) is 14.6 Å². The Balaban J connectivity index is 1.31. The molecule has 148 valence electrons. The maximum absolute atomic E-state index is 12.7. The van der Waals surface area contributed by atoms with E-state index in [0.29, 0.717) is 30.6 Å². The molecule has 1 aromatic carbocycles. The Morgan fingerprint density at radius 2 is 1.79 bits per heavy atom. The van der Waals surface area contributed by atoms with Crippen LogP contribution in [0.25, 0.3) is 0 Å². The first-order chi connectivity index (χ1) is 13.5. The van der Waals surface area contributed by atoms with Crippen molar-refractivity contribution in [2.24, 2.45) is 5.92 Å². The van der Waals surface area contributed by atoms with Gasteiger partial charge in [-0.05, 0) is 67.9 Å². The van der Waals surface area contributed by atoms with Crippen LogP contribution in [0.15, 0.2) is 53.7 Å². The van der Waals surface area contributed by atoms with Crippen LogP contribution in [-0.4, -0.2) is 42.7 Å². The van der Waals surface area contributed by atoms with Gasteiger partial charge in [0.2, 0.25) is 10.0 Å². The van der Waals surface area contributed by atoms with E-state index in [1.165, 1.54) is 11.8 Å². The number of pyridine rings is 1. The summed E-state index contributed by atoms with van der Waals surface area (Å²) in [6.07, 6.45) is 7.73. The molecule has 0 atom stereocenters. The molecule has 1 aliphatic heterocycles. The van der Waals surface area contributed by atoms with Gasteiger partial charge >= 0.3 is 0 Å². The number of rotatable bonds is 6. The first-order valence-electron chi connectivity index (χ1n) is 9.82. The predicted molar refractivity (Wildman–Crippen MR) is 106 cm³/mol. The number of piperidine rings is 1. The van der Waals surface area contributed by atoms with Gasteiger partial charge in [-0.25, -0.2) is 8.42 Å². The third kappa shape index (κ3) is 4.42. The zero-order valence-electron chi connectivity index (χ0n) is 15.8. The SMILES string of the molecule is O=C(NC1CC1)c1ccc(CC2CCN(S(=O)(=O)c3cccnc3)CC2)cc1. The van der Waals surface area contributed by atoms with Gasteiger partial charge < -0.3 is 5.32 Å². The molecule has 2 heterocycles.